The van der Waals surface area contributed by atoms with Crippen LogP contribution >= 0.6 is 0 Å². The van der Waals surface area contributed by atoms with Crippen LogP contribution in [0.3, 0.4) is 0 Å². The molecule has 122 valence electrons. The van der Waals surface area contributed by atoms with Crippen molar-refractivity contribution in [1.29, 1.82) is 0 Å². The molecule has 6 nitrogen and oxygen atoms in total. The number of para-hydroxylation sites is 1. The number of amides is 1. The molecule has 3 rings (SSSR count). The molecule has 0 aliphatic carbocycles. The number of rotatable bonds is 3. The summed E-state index contributed by atoms with van der Waals surface area (Å²) in [4.78, 5) is 23.7. The van der Waals surface area contributed by atoms with Crippen molar-refractivity contribution in [3.63, 3.8) is 0 Å². The largest absolute Gasteiger partial charge is 0.504 e. The number of pyridine rings is 1. The predicted molar refractivity (Wildman–Crippen MR) is 91.7 cm³/mol. The van der Waals surface area contributed by atoms with Crippen LogP contribution in [-0.2, 0) is 11.8 Å². The summed E-state index contributed by atoms with van der Waals surface area (Å²) in [5, 5.41) is 13.6. The van der Waals surface area contributed by atoms with E-state index in [1.54, 1.807) is 49.5 Å². The molecule has 3 aromatic rings. The van der Waals surface area contributed by atoms with Crippen molar-refractivity contribution in [3.05, 3.63) is 58.9 Å². The van der Waals surface area contributed by atoms with Gasteiger partial charge in [-0.3, -0.25) is 9.59 Å². The molecule has 24 heavy (non-hydrogen) atoms. The van der Waals surface area contributed by atoms with Gasteiger partial charge in [0, 0.05) is 25.0 Å². The number of aryl methyl sites for hydroxylation is 1. The maximum atomic E-state index is 12.5. The van der Waals surface area contributed by atoms with Gasteiger partial charge in [-0.1, -0.05) is 18.2 Å². The quantitative estimate of drug-likeness (QED) is 0.776. The first-order valence-corrected chi connectivity index (χ1v) is 7.33. The fraction of sp³-hybridized carbons (Fsp3) is 0.111. The third-order valence-corrected chi connectivity index (χ3v) is 3.61. The second-order valence-corrected chi connectivity index (χ2v) is 5.37. The van der Waals surface area contributed by atoms with Crippen molar-refractivity contribution < 1.29 is 14.6 Å². The highest BCUT2D eigenvalue weighted by molar-refractivity contribution is 5.95. The van der Waals surface area contributed by atoms with Gasteiger partial charge in [0.05, 0.1) is 5.52 Å². The smallest absolute Gasteiger partial charge is 0.297 e. The Kier molecular flexibility index (Phi) is 3.95. The molecule has 2 N–H and O–H groups in total. The summed E-state index contributed by atoms with van der Waals surface area (Å²) in [6.07, 6.45) is 0. The average Bonchev–Trinajstić information content (AvgIpc) is 2.57. The number of hydrogen-bond acceptors (Lipinski definition) is 4. The molecule has 0 unspecified atom stereocenters. The van der Waals surface area contributed by atoms with Gasteiger partial charge in [-0.25, -0.2) is 0 Å². The summed E-state index contributed by atoms with van der Waals surface area (Å²) < 4.78 is 6.97. The lowest BCUT2D eigenvalue weighted by atomic mass is 10.1. The van der Waals surface area contributed by atoms with E-state index in [4.69, 9.17) is 4.74 Å². The minimum absolute atomic E-state index is 0.156. The summed E-state index contributed by atoms with van der Waals surface area (Å²) in [5.74, 6) is -0.193. The molecule has 0 bridgehead atoms. The molecule has 0 fully saturated rings. The van der Waals surface area contributed by atoms with Gasteiger partial charge >= 0.3 is 0 Å². The van der Waals surface area contributed by atoms with Crippen LogP contribution in [-0.4, -0.2) is 15.6 Å². The number of aromatic hydroxyl groups is 1. The number of hydrogen-bond donors (Lipinski definition) is 2. The van der Waals surface area contributed by atoms with E-state index in [1.807, 2.05) is 6.07 Å². The first-order valence-electron chi connectivity index (χ1n) is 7.33. The van der Waals surface area contributed by atoms with Crippen molar-refractivity contribution >= 4 is 22.5 Å². The maximum absolute atomic E-state index is 12.5. The van der Waals surface area contributed by atoms with Gasteiger partial charge < -0.3 is 19.7 Å². The molecular weight excluding hydrogens is 308 g/mol. The Labute approximate surface area is 137 Å². The van der Waals surface area contributed by atoms with E-state index in [9.17, 15) is 14.7 Å². The Morgan fingerprint density at radius 1 is 1.17 bits per heavy atom. The Bertz CT molecular complexity index is 978. The summed E-state index contributed by atoms with van der Waals surface area (Å²) >= 11 is 0. The molecule has 2 aromatic carbocycles. The highest BCUT2D eigenvalue weighted by Crippen LogP contribution is 2.35. The van der Waals surface area contributed by atoms with E-state index < -0.39 is 5.56 Å². The van der Waals surface area contributed by atoms with Gasteiger partial charge in [0.2, 0.25) is 11.7 Å². The first-order chi connectivity index (χ1) is 11.5. The second kappa shape index (κ2) is 6.08. The fourth-order valence-electron chi connectivity index (χ4n) is 2.48. The van der Waals surface area contributed by atoms with Crippen LogP contribution in [0.2, 0.25) is 0 Å². The van der Waals surface area contributed by atoms with Crippen LogP contribution in [0.25, 0.3) is 10.9 Å². The van der Waals surface area contributed by atoms with Crippen molar-refractivity contribution in [1.82, 2.24) is 4.57 Å². The van der Waals surface area contributed by atoms with Gasteiger partial charge in [0.1, 0.15) is 5.75 Å². The Balaban J connectivity index is 2.18. The summed E-state index contributed by atoms with van der Waals surface area (Å²) in [6.45, 7) is 1.40. The van der Waals surface area contributed by atoms with Gasteiger partial charge in [0.25, 0.3) is 5.56 Å². The van der Waals surface area contributed by atoms with E-state index in [0.29, 0.717) is 22.3 Å². The van der Waals surface area contributed by atoms with E-state index in [2.05, 4.69) is 5.32 Å². The van der Waals surface area contributed by atoms with Gasteiger partial charge in [0.15, 0.2) is 5.75 Å². The first kappa shape index (κ1) is 15.6. The molecule has 0 aliphatic heterocycles. The monoisotopic (exact) mass is 324 g/mol. The van der Waals surface area contributed by atoms with Crippen molar-refractivity contribution in [2.24, 2.45) is 7.05 Å². The molecule has 0 spiro atoms. The average molecular weight is 324 g/mol. The lowest BCUT2D eigenvalue weighted by molar-refractivity contribution is -0.114. The number of nitrogens with zero attached hydrogens (tertiary/aromatic N) is 1. The number of aromatic nitrogens is 1. The SMILES string of the molecule is CC(=O)Nc1ccc2c(c1)c(O)c(Oc1ccccc1)c(=O)n2C. The molecule has 0 saturated carbocycles. The minimum Gasteiger partial charge on any atom is -0.504 e. The number of nitrogens with one attached hydrogen (secondary N) is 1. The van der Waals surface area contributed by atoms with Crippen molar-refractivity contribution in [3.8, 4) is 17.2 Å². The number of carbonyl (C=O) groups excluding carboxylic acids is 1. The molecule has 1 heterocycles. The van der Waals surface area contributed by atoms with Crippen LogP contribution in [0.4, 0.5) is 5.69 Å². The van der Waals surface area contributed by atoms with Crippen LogP contribution in [0, 0.1) is 0 Å². The van der Waals surface area contributed by atoms with Crippen LogP contribution in [0.15, 0.2) is 53.3 Å². The topological polar surface area (TPSA) is 80.6 Å². The minimum atomic E-state index is -0.448. The van der Waals surface area contributed by atoms with Crippen molar-refractivity contribution in [2.45, 2.75) is 6.92 Å². The number of carbonyl (C=O) groups is 1. The van der Waals surface area contributed by atoms with Gasteiger partial charge in [-0.2, -0.15) is 0 Å². The standard InChI is InChI=1S/C18H16N2O4/c1-11(21)19-12-8-9-15-14(10-12)16(22)17(18(23)20(15)2)24-13-6-4-3-5-7-13/h3-10,22H,1-2H3,(H,19,21). The van der Waals surface area contributed by atoms with Crippen LogP contribution in [0.5, 0.6) is 17.2 Å². The molecule has 6 heteroatoms. The zero-order chi connectivity index (χ0) is 17.3. The number of anilines is 1. The predicted octanol–water partition coefficient (Wildman–Crippen LogP) is 2.99. The normalized spacial score (nSPS) is 10.6. The molecule has 0 atom stereocenters. The van der Waals surface area contributed by atoms with Gasteiger partial charge in [-0.05, 0) is 30.3 Å². The molecule has 1 aromatic heterocycles. The van der Waals surface area contributed by atoms with E-state index in [-0.39, 0.29) is 17.4 Å². The van der Waals surface area contributed by atoms with Crippen LogP contribution < -0.4 is 15.6 Å². The summed E-state index contributed by atoms with van der Waals surface area (Å²) in [5.41, 5.74) is 0.609. The molecule has 0 radical (unpaired) electrons. The van der Waals surface area contributed by atoms with Crippen molar-refractivity contribution in [2.75, 3.05) is 5.32 Å². The lowest BCUT2D eigenvalue weighted by Crippen LogP contribution is -2.18. The number of ether oxygens (including phenoxy) is 1. The third-order valence-electron chi connectivity index (χ3n) is 3.61. The Morgan fingerprint density at radius 2 is 1.88 bits per heavy atom. The van der Waals surface area contributed by atoms with Gasteiger partial charge in [-0.15, -0.1) is 0 Å². The summed E-state index contributed by atoms with van der Waals surface area (Å²) in [6, 6.07) is 13.7. The molecule has 0 aliphatic rings. The van der Waals surface area contributed by atoms with E-state index in [1.165, 1.54) is 11.5 Å². The highest BCUT2D eigenvalue weighted by Gasteiger charge is 2.17. The summed E-state index contributed by atoms with van der Waals surface area (Å²) in [7, 11) is 1.60. The fourth-order valence-corrected chi connectivity index (χ4v) is 2.48. The van der Waals surface area contributed by atoms with Crippen LogP contribution in [0.1, 0.15) is 6.92 Å². The zero-order valence-corrected chi connectivity index (χ0v) is 13.2. The third kappa shape index (κ3) is 2.81. The van der Waals surface area contributed by atoms with E-state index in [0.717, 1.165) is 0 Å². The molecular formula is C18H16N2O4. The Morgan fingerprint density at radius 3 is 2.54 bits per heavy atom. The number of fused-ring (bicyclic) bond motifs is 1. The van der Waals surface area contributed by atoms with E-state index >= 15 is 0 Å². The molecule has 1 amide bonds. The zero-order valence-electron chi connectivity index (χ0n) is 13.2. The maximum Gasteiger partial charge on any atom is 0.297 e. The lowest BCUT2D eigenvalue weighted by Gasteiger charge is -2.13. The number of benzene rings is 2. The Hall–Kier alpha value is -3.28. The second-order valence-electron chi connectivity index (χ2n) is 5.37. The highest BCUT2D eigenvalue weighted by atomic mass is 16.5. The molecule has 0 saturated heterocycles.